The number of halogens is 1. The third-order valence-electron chi connectivity index (χ3n) is 3.01. The summed E-state index contributed by atoms with van der Waals surface area (Å²) in [5.41, 5.74) is 1.20. The van der Waals surface area contributed by atoms with Crippen LogP contribution in [0.1, 0.15) is 24.8 Å². The molecule has 1 heterocycles. The highest BCUT2D eigenvalue weighted by molar-refractivity contribution is 5.95. The van der Waals surface area contributed by atoms with Crippen LogP contribution < -0.4 is 10.6 Å². The Labute approximate surface area is 100 Å². The van der Waals surface area contributed by atoms with Crippen LogP contribution in [0.3, 0.4) is 0 Å². The minimum Gasteiger partial charge on any atom is -0.322 e. The van der Waals surface area contributed by atoms with Gasteiger partial charge in [-0.3, -0.25) is 4.79 Å². The maximum atomic E-state index is 13.5. The zero-order valence-corrected chi connectivity index (χ0v) is 9.92. The van der Waals surface area contributed by atoms with Crippen LogP contribution in [0, 0.1) is 12.7 Å². The predicted octanol–water partition coefficient (Wildman–Crippen LogP) is 2.21. The van der Waals surface area contributed by atoms with Crippen molar-refractivity contribution >= 4 is 11.6 Å². The molecule has 2 rings (SSSR count). The molecular weight excluding hydrogens is 219 g/mol. The summed E-state index contributed by atoms with van der Waals surface area (Å²) in [4.78, 5) is 11.9. The average Bonchev–Trinajstić information content (AvgIpc) is 2.35. The number of benzene rings is 1. The number of piperidine rings is 1. The number of carbonyl (C=O) groups excluding carboxylic acids is 1. The van der Waals surface area contributed by atoms with E-state index in [0.717, 1.165) is 31.4 Å². The summed E-state index contributed by atoms with van der Waals surface area (Å²) in [6, 6.07) is 4.52. The van der Waals surface area contributed by atoms with Crippen LogP contribution in [0.4, 0.5) is 10.1 Å². The Kier molecular flexibility index (Phi) is 3.74. The van der Waals surface area contributed by atoms with Gasteiger partial charge in [-0.05, 0) is 44.0 Å². The smallest absolute Gasteiger partial charge is 0.241 e. The summed E-state index contributed by atoms with van der Waals surface area (Å²) in [5.74, 6) is -0.533. The second kappa shape index (κ2) is 5.27. The van der Waals surface area contributed by atoms with Crippen LogP contribution in [0.5, 0.6) is 0 Å². The molecular formula is C13H17FN2O. The van der Waals surface area contributed by atoms with Gasteiger partial charge >= 0.3 is 0 Å². The molecule has 1 saturated heterocycles. The van der Waals surface area contributed by atoms with E-state index in [4.69, 9.17) is 0 Å². The van der Waals surface area contributed by atoms with Gasteiger partial charge in [0.1, 0.15) is 5.82 Å². The zero-order valence-electron chi connectivity index (χ0n) is 9.92. The van der Waals surface area contributed by atoms with Crippen molar-refractivity contribution in [3.63, 3.8) is 0 Å². The standard InChI is InChI=1S/C13H17FN2O/c1-9-5-6-10(14)12(8-9)16-13(17)11-4-2-3-7-15-11/h5-6,8,11,15H,2-4,7H2,1H3,(H,16,17). The molecule has 17 heavy (non-hydrogen) atoms. The van der Waals surface area contributed by atoms with Gasteiger partial charge in [-0.25, -0.2) is 4.39 Å². The number of hydrogen-bond acceptors (Lipinski definition) is 2. The van der Waals surface area contributed by atoms with Crippen LogP contribution in [-0.2, 0) is 4.79 Å². The van der Waals surface area contributed by atoms with Gasteiger partial charge in [0.15, 0.2) is 0 Å². The molecule has 0 spiro atoms. The molecule has 92 valence electrons. The molecule has 1 fully saturated rings. The molecule has 2 N–H and O–H groups in total. The SMILES string of the molecule is Cc1ccc(F)c(NC(=O)C2CCCCN2)c1. The highest BCUT2D eigenvalue weighted by atomic mass is 19.1. The first kappa shape index (κ1) is 12.0. The lowest BCUT2D eigenvalue weighted by atomic mass is 10.0. The van der Waals surface area contributed by atoms with E-state index in [1.54, 1.807) is 12.1 Å². The fourth-order valence-electron chi connectivity index (χ4n) is 2.03. The van der Waals surface area contributed by atoms with Crippen molar-refractivity contribution in [1.82, 2.24) is 5.32 Å². The maximum Gasteiger partial charge on any atom is 0.241 e. The Hall–Kier alpha value is -1.42. The van der Waals surface area contributed by atoms with Crippen LogP contribution >= 0.6 is 0 Å². The molecule has 1 aromatic rings. The molecule has 0 bridgehead atoms. The summed E-state index contributed by atoms with van der Waals surface area (Å²) in [7, 11) is 0. The largest absolute Gasteiger partial charge is 0.322 e. The van der Waals surface area contributed by atoms with E-state index in [9.17, 15) is 9.18 Å². The number of hydrogen-bond donors (Lipinski definition) is 2. The minimum atomic E-state index is -0.389. The van der Waals surface area contributed by atoms with Gasteiger partial charge in [0.2, 0.25) is 5.91 Å². The van der Waals surface area contributed by atoms with E-state index in [-0.39, 0.29) is 23.5 Å². The summed E-state index contributed by atoms with van der Waals surface area (Å²) < 4.78 is 13.5. The molecule has 1 unspecified atom stereocenters. The van der Waals surface area contributed by atoms with Gasteiger partial charge in [-0.2, -0.15) is 0 Å². The highest BCUT2D eigenvalue weighted by Crippen LogP contribution is 2.17. The Morgan fingerprint density at radius 1 is 1.47 bits per heavy atom. The zero-order chi connectivity index (χ0) is 12.3. The van der Waals surface area contributed by atoms with Crippen molar-refractivity contribution in [2.45, 2.75) is 32.2 Å². The van der Waals surface area contributed by atoms with Crippen LogP contribution in [0.25, 0.3) is 0 Å². The highest BCUT2D eigenvalue weighted by Gasteiger charge is 2.21. The van der Waals surface area contributed by atoms with Gasteiger partial charge in [-0.1, -0.05) is 12.5 Å². The Morgan fingerprint density at radius 2 is 2.29 bits per heavy atom. The lowest BCUT2D eigenvalue weighted by molar-refractivity contribution is -0.118. The van der Waals surface area contributed by atoms with Crippen molar-refractivity contribution in [2.75, 3.05) is 11.9 Å². The minimum absolute atomic E-state index is 0.144. The van der Waals surface area contributed by atoms with Crippen LogP contribution in [-0.4, -0.2) is 18.5 Å². The van der Waals surface area contributed by atoms with E-state index in [1.807, 2.05) is 6.92 Å². The van der Waals surface area contributed by atoms with Crippen molar-refractivity contribution in [2.24, 2.45) is 0 Å². The van der Waals surface area contributed by atoms with E-state index in [1.165, 1.54) is 6.07 Å². The molecule has 1 atom stereocenters. The Bertz CT molecular complexity index is 414. The second-order valence-corrected chi connectivity index (χ2v) is 4.48. The van der Waals surface area contributed by atoms with E-state index in [0.29, 0.717) is 0 Å². The molecule has 1 aliphatic rings. The van der Waals surface area contributed by atoms with E-state index >= 15 is 0 Å². The molecule has 0 radical (unpaired) electrons. The number of nitrogens with one attached hydrogen (secondary N) is 2. The van der Waals surface area contributed by atoms with Crippen molar-refractivity contribution in [3.05, 3.63) is 29.6 Å². The Balaban J connectivity index is 2.04. The molecule has 0 saturated carbocycles. The number of amides is 1. The van der Waals surface area contributed by atoms with Crippen molar-refractivity contribution in [3.8, 4) is 0 Å². The van der Waals surface area contributed by atoms with E-state index < -0.39 is 0 Å². The maximum absolute atomic E-state index is 13.5. The second-order valence-electron chi connectivity index (χ2n) is 4.48. The third kappa shape index (κ3) is 3.03. The summed E-state index contributed by atoms with van der Waals surface area (Å²) in [5, 5.41) is 5.78. The number of carbonyl (C=O) groups is 1. The molecule has 1 aromatic carbocycles. The first-order chi connectivity index (χ1) is 8.16. The number of aryl methyl sites for hydroxylation is 1. The molecule has 1 amide bonds. The summed E-state index contributed by atoms with van der Waals surface area (Å²) in [6.45, 7) is 2.72. The van der Waals surface area contributed by atoms with Gasteiger partial charge in [0.25, 0.3) is 0 Å². The molecule has 4 heteroatoms. The van der Waals surface area contributed by atoms with Crippen molar-refractivity contribution in [1.29, 1.82) is 0 Å². The monoisotopic (exact) mass is 236 g/mol. The predicted molar refractivity (Wildman–Crippen MR) is 65.4 cm³/mol. The first-order valence-corrected chi connectivity index (χ1v) is 5.97. The lowest BCUT2D eigenvalue weighted by Crippen LogP contribution is -2.43. The van der Waals surface area contributed by atoms with Gasteiger partial charge in [-0.15, -0.1) is 0 Å². The van der Waals surface area contributed by atoms with Gasteiger partial charge in [0, 0.05) is 0 Å². The molecule has 0 aromatic heterocycles. The topological polar surface area (TPSA) is 41.1 Å². The fraction of sp³-hybridized carbons (Fsp3) is 0.462. The quantitative estimate of drug-likeness (QED) is 0.826. The molecule has 1 aliphatic heterocycles. The van der Waals surface area contributed by atoms with Crippen LogP contribution in [0.2, 0.25) is 0 Å². The molecule has 3 nitrogen and oxygen atoms in total. The van der Waals surface area contributed by atoms with Gasteiger partial charge in [0.05, 0.1) is 11.7 Å². The summed E-state index contributed by atoms with van der Waals surface area (Å²) >= 11 is 0. The number of anilines is 1. The lowest BCUT2D eigenvalue weighted by Gasteiger charge is -2.22. The van der Waals surface area contributed by atoms with Crippen molar-refractivity contribution < 1.29 is 9.18 Å². The first-order valence-electron chi connectivity index (χ1n) is 5.97. The summed E-state index contributed by atoms with van der Waals surface area (Å²) in [6.07, 6.45) is 2.96. The third-order valence-corrected chi connectivity index (χ3v) is 3.01. The number of rotatable bonds is 2. The van der Waals surface area contributed by atoms with E-state index in [2.05, 4.69) is 10.6 Å². The van der Waals surface area contributed by atoms with Crippen LogP contribution in [0.15, 0.2) is 18.2 Å². The molecule has 0 aliphatic carbocycles. The fourth-order valence-corrected chi connectivity index (χ4v) is 2.03. The normalized spacial score (nSPS) is 20.0. The average molecular weight is 236 g/mol. The Morgan fingerprint density at radius 3 is 3.00 bits per heavy atom. The van der Waals surface area contributed by atoms with Gasteiger partial charge < -0.3 is 10.6 Å².